The Morgan fingerprint density at radius 1 is 1.56 bits per heavy atom. The first-order chi connectivity index (χ1) is 7.60. The van der Waals surface area contributed by atoms with E-state index in [1.807, 2.05) is 13.8 Å². The fourth-order valence-electron chi connectivity index (χ4n) is 1.10. The molecule has 0 fully saturated rings. The molecule has 88 valence electrons. The zero-order chi connectivity index (χ0) is 12.1. The van der Waals surface area contributed by atoms with Crippen molar-refractivity contribution in [2.24, 2.45) is 5.84 Å². The third-order valence-electron chi connectivity index (χ3n) is 2.14. The van der Waals surface area contributed by atoms with Crippen molar-refractivity contribution in [1.82, 2.24) is 9.97 Å². The highest BCUT2D eigenvalue weighted by Crippen LogP contribution is 2.28. The average molecular weight is 226 g/mol. The number of nitrogen functional groups attached to an aromatic ring is 1. The second-order valence-electron chi connectivity index (χ2n) is 3.27. The minimum absolute atomic E-state index is 0.00852. The van der Waals surface area contributed by atoms with Gasteiger partial charge in [0.15, 0.2) is 0 Å². The van der Waals surface area contributed by atoms with Crippen LogP contribution in [0.2, 0.25) is 0 Å². The van der Waals surface area contributed by atoms with E-state index >= 15 is 0 Å². The van der Waals surface area contributed by atoms with Gasteiger partial charge in [-0.15, -0.1) is 0 Å². The highest BCUT2D eigenvalue weighted by Gasteiger charge is 2.22. The van der Waals surface area contributed by atoms with E-state index in [0.717, 1.165) is 6.42 Å². The molecule has 0 saturated heterocycles. The standard InChI is InChI=1S/C8H14N6O2/c1-3-5(2)12-7-6(14(15)16)8(13-9)11-4-10-7/h4-5H,3,9H2,1-2H3,(H2,10,11,12,13). The molecular weight excluding hydrogens is 212 g/mol. The number of hydrogen-bond donors (Lipinski definition) is 3. The summed E-state index contributed by atoms with van der Waals surface area (Å²) < 4.78 is 0. The van der Waals surface area contributed by atoms with Crippen LogP contribution in [0.15, 0.2) is 6.33 Å². The predicted octanol–water partition coefficient (Wildman–Crippen LogP) is 0.881. The molecule has 1 aromatic heterocycles. The second-order valence-corrected chi connectivity index (χ2v) is 3.27. The van der Waals surface area contributed by atoms with Crippen LogP contribution < -0.4 is 16.6 Å². The summed E-state index contributed by atoms with van der Waals surface area (Å²) in [4.78, 5) is 17.8. The van der Waals surface area contributed by atoms with Crippen molar-refractivity contribution in [2.45, 2.75) is 26.3 Å². The van der Waals surface area contributed by atoms with Gasteiger partial charge in [0.2, 0.25) is 11.6 Å². The molecule has 0 aliphatic carbocycles. The van der Waals surface area contributed by atoms with Crippen LogP contribution in [0.1, 0.15) is 20.3 Å². The molecule has 16 heavy (non-hydrogen) atoms. The SMILES string of the molecule is CCC(C)Nc1ncnc(NN)c1[N+](=O)[O-]. The van der Waals surface area contributed by atoms with E-state index in [1.54, 1.807) is 0 Å². The van der Waals surface area contributed by atoms with Gasteiger partial charge in [-0.25, -0.2) is 15.8 Å². The third-order valence-corrected chi connectivity index (χ3v) is 2.14. The van der Waals surface area contributed by atoms with Crippen LogP contribution in [0.5, 0.6) is 0 Å². The summed E-state index contributed by atoms with van der Waals surface area (Å²) in [6.07, 6.45) is 2.04. The van der Waals surface area contributed by atoms with Crippen LogP contribution in [0, 0.1) is 10.1 Å². The second kappa shape index (κ2) is 5.21. The van der Waals surface area contributed by atoms with Crippen LogP contribution in [0.3, 0.4) is 0 Å². The monoisotopic (exact) mass is 226 g/mol. The molecule has 1 aromatic rings. The largest absolute Gasteiger partial charge is 0.362 e. The van der Waals surface area contributed by atoms with Crippen molar-refractivity contribution < 1.29 is 4.92 Å². The molecule has 1 heterocycles. The number of nitrogens with two attached hydrogens (primary N) is 1. The molecule has 0 aliphatic heterocycles. The summed E-state index contributed by atoms with van der Waals surface area (Å²) in [7, 11) is 0. The molecule has 0 radical (unpaired) electrons. The lowest BCUT2D eigenvalue weighted by atomic mass is 10.2. The van der Waals surface area contributed by atoms with Gasteiger partial charge in [0, 0.05) is 6.04 Å². The fourth-order valence-corrected chi connectivity index (χ4v) is 1.10. The number of nitrogens with one attached hydrogen (secondary N) is 2. The number of hydrazine groups is 1. The normalized spacial score (nSPS) is 11.9. The third kappa shape index (κ3) is 2.54. The fraction of sp³-hybridized carbons (Fsp3) is 0.500. The summed E-state index contributed by atoms with van der Waals surface area (Å²) in [5.74, 6) is 5.31. The number of nitrogens with zero attached hydrogens (tertiary/aromatic N) is 3. The first-order valence-corrected chi connectivity index (χ1v) is 4.82. The van der Waals surface area contributed by atoms with Gasteiger partial charge in [-0.1, -0.05) is 6.92 Å². The first kappa shape index (κ1) is 12.1. The number of nitro groups is 1. The Kier molecular flexibility index (Phi) is 3.95. The summed E-state index contributed by atoms with van der Waals surface area (Å²) in [6, 6.07) is 0.0826. The van der Waals surface area contributed by atoms with Crippen LogP contribution in [0.4, 0.5) is 17.3 Å². The minimum Gasteiger partial charge on any atom is -0.362 e. The van der Waals surface area contributed by atoms with Crippen molar-refractivity contribution in [1.29, 1.82) is 0 Å². The molecule has 1 rings (SSSR count). The number of rotatable bonds is 5. The Morgan fingerprint density at radius 2 is 2.19 bits per heavy atom. The Bertz CT molecular complexity index is 383. The topological polar surface area (TPSA) is 119 Å². The highest BCUT2D eigenvalue weighted by atomic mass is 16.6. The van der Waals surface area contributed by atoms with Crippen molar-refractivity contribution in [3.63, 3.8) is 0 Å². The van der Waals surface area contributed by atoms with Crippen molar-refractivity contribution in [2.75, 3.05) is 10.7 Å². The summed E-state index contributed by atoms with van der Waals surface area (Å²) >= 11 is 0. The van der Waals surface area contributed by atoms with Crippen molar-refractivity contribution in [3.05, 3.63) is 16.4 Å². The van der Waals surface area contributed by atoms with Gasteiger partial charge in [-0.3, -0.25) is 10.1 Å². The van der Waals surface area contributed by atoms with Crippen LogP contribution in [0.25, 0.3) is 0 Å². The molecule has 4 N–H and O–H groups in total. The molecule has 1 atom stereocenters. The van der Waals surface area contributed by atoms with Crippen LogP contribution >= 0.6 is 0 Å². The molecule has 0 aromatic carbocycles. The smallest absolute Gasteiger partial charge is 0.354 e. The molecule has 0 saturated carbocycles. The zero-order valence-electron chi connectivity index (χ0n) is 9.10. The van der Waals surface area contributed by atoms with E-state index in [0.29, 0.717) is 0 Å². The molecule has 1 unspecified atom stereocenters. The van der Waals surface area contributed by atoms with Gasteiger partial charge in [0.05, 0.1) is 4.92 Å². The van der Waals surface area contributed by atoms with E-state index in [4.69, 9.17) is 5.84 Å². The molecular formula is C8H14N6O2. The number of hydrogen-bond acceptors (Lipinski definition) is 7. The number of aromatic nitrogens is 2. The van der Waals surface area contributed by atoms with Gasteiger partial charge in [0.25, 0.3) is 0 Å². The van der Waals surface area contributed by atoms with Crippen molar-refractivity contribution in [3.8, 4) is 0 Å². The van der Waals surface area contributed by atoms with Gasteiger partial charge in [-0.05, 0) is 13.3 Å². The lowest BCUT2D eigenvalue weighted by molar-refractivity contribution is -0.383. The van der Waals surface area contributed by atoms with E-state index in [9.17, 15) is 10.1 Å². The average Bonchev–Trinajstić information content (AvgIpc) is 2.28. The van der Waals surface area contributed by atoms with E-state index in [2.05, 4.69) is 20.7 Å². The lowest BCUT2D eigenvalue weighted by Crippen LogP contribution is -2.18. The first-order valence-electron chi connectivity index (χ1n) is 4.82. The quantitative estimate of drug-likeness (QED) is 0.387. The van der Waals surface area contributed by atoms with Crippen molar-refractivity contribution >= 4 is 17.3 Å². The Balaban J connectivity index is 3.12. The summed E-state index contributed by atoms with van der Waals surface area (Å²) in [5, 5.41) is 13.8. The molecule has 0 spiro atoms. The lowest BCUT2D eigenvalue weighted by Gasteiger charge is -2.12. The van der Waals surface area contributed by atoms with Crippen LogP contribution in [-0.4, -0.2) is 20.9 Å². The highest BCUT2D eigenvalue weighted by molar-refractivity contribution is 5.68. The molecule has 8 heteroatoms. The van der Waals surface area contributed by atoms with Gasteiger partial charge in [0.1, 0.15) is 6.33 Å². The van der Waals surface area contributed by atoms with E-state index in [-0.39, 0.29) is 23.4 Å². The Labute approximate surface area is 92.4 Å². The summed E-state index contributed by atoms with van der Waals surface area (Å²) in [5.41, 5.74) is 1.93. The molecule has 8 nitrogen and oxygen atoms in total. The Morgan fingerprint density at radius 3 is 2.69 bits per heavy atom. The maximum atomic E-state index is 10.9. The maximum absolute atomic E-state index is 10.9. The van der Waals surface area contributed by atoms with E-state index < -0.39 is 4.92 Å². The molecule has 0 bridgehead atoms. The van der Waals surface area contributed by atoms with Gasteiger partial charge < -0.3 is 10.7 Å². The van der Waals surface area contributed by atoms with Gasteiger partial charge >= 0.3 is 5.69 Å². The molecule has 0 aliphatic rings. The van der Waals surface area contributed by atoms with Gasteiger partial charge in [-0.2, -0.15) is 0 Å². The number of anilines is 2. The Hall–Kier alpha value is -1.96. The molecule has 0 amide bonds. The minimum atomic E-state index is -0.570. The predicted molar refractivity (Wildman–Crippen MR) is 59.9 cm³/mol. The summed E-state index contributed by atoms with van der Waals surface area (Å²) in [6.45, 7) is 3.87. The maximum Gasteiger partial charge on any atom is 0.354 e. The van der Waals surface area contributed by atoms with E-state index in [1.165, 1.54) is 6.33 Å². The van der Waals surface area contributed by atoms with Crippen LogP contribution in [-0.2, 0) is 0 Å². The zero-order valence-corrected chi connectivity index (χ0v) is 9.10.